The van der Waals surface area contributed by atoms with Crippen molar-refractivity contribution in [1.29, 1.82) is 0 Å². The van der Waals surface area contributed by atoms with Gasteiger partial charge in [-0.25, -0.2) is 9.79 Å². The number of carboxylic acids is 1. The molecular weight excluding hydrogens is 539 g/mol. The average Bonchev–Trinajstić information content (AvgIpc) is 3.66. The van der Waals surface area contributed by atoms with E-state index in [9.17, 15) is 20.2 Å². The van der Waals surface area contributed by atoms with E-state index in [1.165, 1.54) is 23.3 Å². The van der Waals surface area contributed by atoms with Crippen LogP contribution in [0.4, 0.5) is 0 Å². The number of allylic oxidation sites excluding steroid dienone is 1. The normalized spacial score (nSPS) is 18.8. The molecule has 0 fully saturated rings. The lowest BCUT2D eigenvalue weighted by Crippen LogP contribution is -2.45. The first-order chi connectivity index (χ1) is 17.7. The number of hydrogen-bond acceptors (Lipinski definition) is 8. The van der Waals surface area contributed by atoms with Gasteiger partial charge in [-0.3, -0.25) is 0 Å². The summed E-state index contributed by atoms with van der Waals surface area (Å²) >= 11 is 13.8. The Balaban J connectivity index is 1.36. The lowest BCUT2D eigenvalue weighted by atomic mass is 9.90. The number of hydrogen-bond donors (Lipinski definition) is 2. The van der Waals surface area contributed by atoms with Crippen molar-refractivity contribution < 1.29 is 19.7 Å². The van der Waals surface area contributed by atoms with Crippen molar-refractivity contribution in [3.8, 4) is 16.8 Å². The van der Waals surface area contributed by atoms with E-state index in [1.807, 2.05) is 6.07 Å². The topological polar surface area (TPSA) is 140 Å². The zero-order valence-corrected chi connectivity index (χ0v) is 21.1. The molecule has 3 aromatic heterocycles. The zero-order valence-electron chi connectivity index (χ0n) is 18.8. The number of halogens is 2. The summed E-state index contributed by atoms with van der Waals surface area (Å²) in [5.41, 5.74) is 2.12. The van der Waals surface area contributed by atoms with E-state index < -0.39 is 11.6 Å². The molecule has 4 heterocycles. The number of benzene rings is 1. The third kappa shape index (κ3) is 3.91. The number of carbonyl (C=O) groups is 1. The highest BCUT2D eigenvalue weighted by atomic mass is 35.5. The molecule has 0 bridgehead atoms. The second kappa shape index (κ2) is 8.73. The van der Waals surface area contributed by atoms with E-state index in [4.69, 9.17) is 23.2 Å². The summed E-state index contributed by atoms with van der Waals surface area (Å²) in [6.45, 7) is 0. The van der Waals surface area contributed by atoms with Crippen molar-refractivity contribution in [3.05, 3.63) is 85.3 Å². The number of aryl methyl sites for hydroxylation is 1. The maximum absolute atomic E-state index is 13.4. The molecule has 1 aromatic carbocycles. The molecule has 13 heteroatoms. The van der Waals surface area contributed by atoms with Crippen LogP contribution in [-0.4, -0.2) is 42.1 Å². The van der Waals surface area contributed by atoms with E-state index >= 15 is 0 Å². The zero-order chi connectivity index (χ0) is 25.9. The summed E-state index contributed by atoms with van der Waals surface area (Å²) in [7, 11) is 0. The molecule has 0 spiro atoms. The molecule has 1 aliphatic heterocycles. The minimum absolute atomic E-state index is 0.176. The summed E-state index contributed by atoms with van der Waals surface area (Å²) in [6, 6.07) is 10.2. The van der Waals surface area contributed by atoms with E-state index in [-0.39, 0.29) is 28.6 Å². The smallest absolute Gasteiger partial charge is 0.345 e. The maximum Gasteiger partial charge on any atom is 0.345 e. The molecule has 1 unspecified atom stereocenters. The summed E-state index contributed by atoms with van der Waals surface area (Å²) in [5.74, 6) is -1.03. The number of carboxylic acid groups (broad SMARTS) is 1. The highest BCUT2D eigenvalue weighted by molar-refractivity contribution is 7.15. The van der Waals surface area contributed by atoms with Crippen molar-refractivity contribution in [2.24, 2.45) is 4.99 Å². The summed E-state index contributed by atoms with van der Waals surface area (Å²) in [6.07, 6.45) is 3.73. The van der Waals surface area contributed by atoms with Crippen LogP contribution < -0.4 is 4.73 Å². The molecule has 2 aliphatic rings. The van der Waals surface area contributed by atoms with Crippen molar-refractivity contribution in [2.75, 3.05) is 0 Å². The minimum Gasteiger partial charge on any atom is -0.618 e. The first kappa shape index (κ1) is 23.7. The van der Waals surface area contributed by atoms with Crippen molar-refractivity contribution >= 4 is 51.8 Å². The van der Waals surface area contributed by atoms with Crippen LogP contribution in [0.1, 0.15) is 38.6 Å². The molecule has 1 atom stereocenters. The number of nitrogens with zero attached hydrogens (tertiary/aromatic N) is 6. The fourth-order valence-corrected chi connectivity index (χ4v) is 6.23. The third-order valence-corrected chi connectivity index (χ3v) is 8.22. The molecule has 37 heavy (non-hydrogen) atoms. The van der Waals surface area contributed by atoms with Gasteiger partial charge in [-0.05, 0) is 59.7 Å². The molecule has 0 saturated carbocycles. The van der Waals surface area contributed by atoms with Gasteiger partial charge >= 0.3 is 5.97 Å². The van der Waals surface area contributed by atoms with Gasteiger partial charge in [-0.15, -0.1) is 16.4 Å². The van der Waals surface area contributed by atoms with E-state index in [0.717, 1.165) is 11.3 Å². The standard InChI is InChI=1S/C24H16Cl2N6O4S/c25-14-1-2-17(31-11-27-29-30-31)15(8-14)13-7-12-5-6-24(35,21(12)32(36)10-13)20-9-16(22(26)28-20)18-3-4-19(37-18)23(33)34/h1-4,7-8,10-11,35H,5-6,9H2,(H,33,34). The van der Waals surface area contributed by atoms with Gasteiger partial charge in [0.2, 0.25) is 5.69 Å². The highest BCUT2D eigenvalue weighted by Crippen LogP contribution is 2.45. The Hall–Kier alpha value is -3.64. The Morgan fingerprint density at radius 2 is 2.05 bits per heavy atom. The SMILES string of the molecule is O=C(O)c1ccc(C2=C(Cl)N=C(C3(O)CCc4cc(-c5cc(Cl)ccc5-n5cnnn5)c[n+]([O-])c43)C2)s1. The average molecular weight is 555 g/mol. The van der Waals surface area contributed by atoms with E-state index in [2.05, 4.69) is 20.5 Å². The largest absolute Gasteiger partial charge is 0.618 e. The highest BCUT2D eigenvalue weighted by Gasteiger charge is 2.50. The van der Waals surface area contributed by atoms with E-state index in [0.29, 0.717) is 54.7 Å². The quantitative estimate of drug-likeness (QED) is 0.216. The molecule has 2 N–H and O–H groups in total. The van der Waals surface area contributed by atoms with E-state index in [1.54, 1.807) is 24.3 Å². The first-order valence-electron chi connectivity index (χ1n) is 11.1. The molecule has 1 aliphatic carbocycles. The number of tetrazole rings is 1. The minimum atomic E-state index is -1.61. The maximum atomic E-state index is 13.4. The van der Waals surface area contributed by atoms with Gasteiger partial charge in [0, 0.05) is 38.6 Å². The second-order valence-corrected chi connectivity index (χ2v) is 10.6. The monoisotopic (exact) mass is 554 g/mol. The van der Waals surface area contributed by atoms with Crippen LogP contribution >= 0.6 is 34.5 Å². The number of fused-ring (bicyclic) bond motifs is 1. The fourth-order valence-electron chi connectivity index (χ4n) is 4.85. The van der Waals surface area contributed by atoms with Crippen molar-refractivity contribution in [2.45, 2.75) is 24.9 Å². The van der Waals surface area contributed by atoms with Crippen LogP contribution in [0.2, 0.25) is 5.02 Å². The van der Waals surface area contributed by atoms with Crippen LogP contribution in [-0.2, 0) is 12.0 Å². The predicted octanol–water partition coefficient (Wildman–Crippen LogP) is 3.96. The fraction of sp³-hybridized carbons (Fsp3) is 0.167. The Bertz CT molecular complexity index is 1650. The summed E-state index contributed by atoms with van der Waals surface area (Å²) in [5, 5.41) is 46.3. The molecule has 0 radical (unpaired) electrons. The molecule has 0 saturated heterocycles. The van der Waals surface area contributed by atoms with Gasteiger partial charge in [0.25, 0.3) is 0 Å². The number of aliphatic hydroxyl groups is 1. The van der Waals surface area contributed by atoms with Crippen LogP contribution in [0.3, 0.4) is 0 Å². The number of aromatic nitrogens is 5. The van der Waals surface area contributed by atoms with Crippen molar-refractivity contribution in [1.82, 2.24) is 20.2 Å². The van der Waals surface area contributed by atoms with Crippen LogP contribution in [0.25, 0.3) is 22.4 Å². The number of aromatic carboxylic acids is 1. The molecule has 6 rings (SSSR count). The predicted molar refractivity (Wildman–Crippen MR) is 137 cm³/mol. The summed E-state index contributed by atoms with van der Waals surface area (Å²) < 4.78 is 2.15. The van der Waals surface area contributed by atoms with Gasteiger partial charge in [-0.2, -0.15) is 9.41 Å². The number of pyridine rings is 1. The van der Waals surface area contributed by atoms with Gasteiger partial charge in [0.05, 0.1) is 11.4 Å². The van der Waals surface area contributed by atoms with Gasteiger partial charge in [-0.1, -0.05) is 23.2 Å². The molecule has 186 valence electrons. The Morgan fingerprint density at radius 3 is 2.78 bits per heavy atom. The third-order valence-electron chi connectivity index (χ3n) is 6.54. The molecular formula is C24H16Cl2N6O4S. The molecule has 0 amide bonds. The first-order valence-corrected chi connectivity index (χ1v) is 12.6. The Labute approximate surface area is 223 Å². The van der Waals surface area contributed by atoms with Crippen LogP contribution in [0, 0.1) is 5.21 Å². The van der Waals surface area contributed by atoms with Crippen LogP contribution in [0.5, 0.6) is 0 Å². The van der Waals surface area contributed by atoms with Crippen molar-refractivity contribution in [3.63, 3.8) is 0 Å². The van der Waals surface area contributed by atoms with Crippen LogP contribution in [0.15, 0.2) is 59.1 Å². The van der Waals surface area contributed by atoms with Gasteiger partial charge in [0.15, 0.2) is 11.8 Å². The molecule has 4 aromatic rings. The Kier molecular flexibility index (Phi) is 5.60. The Morgan fingerprint density at radius 1 is 1.22 bits per heavy atom. The molecule has 10 nitrogen and oxygen atoms in total. The number of rotatable bonds is 5. The van der Waals surface area contributed by atoms with Gasteiger partial charge < -0.3 is 15.4 Å². The second-order valence-electron chi connectivity index (χ2n) is 8.68. The lowest BCUT2D eigenvalue weighted by molar-refractivity contribution is -0.619. The van der Waals surface area contributed by atoms with Gasteiger partial charge in [0.1, 0.15) is 16.4 Å². The number of aliphatic imine (C=N–C) groups is 1. The summed E-state index contributed by atoms with van der Waals surface area (Å²) in [4.78, 5) is 16.5. The lowest BCUT2D eigenvalue weighted by Gasteiger charge is -2.23. The number of thiophene rings is 1.